The molecule has 4 nitrogen and oxygen atoms in total. The predicted octanol–water partition coefficient (Wildman–Crippen LogP) is 1.17. The van der Waals surface area contributed by atoms with Crippen LogP contribution in [0.5, 0.6) is 11.5 Å². The molecule has 1 unspecified atom stereocenters. The average Bonchev–Trinajstić information content (AvgIpc) is 3.22. The van der Waals surface area contributed by atoms with Crippen molar-refractivity contribution in [3.05, 3.63) is 24.3 Å². The fraction of sp³-hybridized carbons (Fsp3) is 0.571. The second kappa shape index (κ2) is 5.59. The summed E-state index contributed by atoms with van der Waals surface area (Å²) in [5.74, 6) is 1.70. The normalized spacial score (nSPS) is 21.9. The van der Waals surface area contributed by atoms with Gasteiger partial charge in [0.25, 0.3) is 0 Å². The number of para-hydroxylation sites is 2. The molecule has 0 radical (unpaired) electrons. The van der Waals surface area contributed by atoms with Crippen molar-refractivity contribution in [1.29, 1.82) is 0 Å². The van der Waals surface area contributed by atoms with Gasteiger partial charge in [-0.25, -0.2) is 0 Å². The van der Waals surface area contributed by atoms with Crippen LogP contribution >= 0.6 is 0 Å². The summed E-state index contributed by atoms with van der Waals surface area (Å²) in [7, 11) is 0. The summed E-state index contributed by atoms with van der Waals surface area (Å²) < 4.78 is 11.5. The fourth-order valence-corrected chi connectivity index (χ4v) is 2.08. The molecule has 2 N–H and O–H groups in total. The van der Waals surface area contributed by atoms with E-state index in [1.54, 1.807) is 0 Å². The molecule has 0 bridgehead atoms. The van der Waals surface area contributed by atoms with E-state index in [-0.39, 0.29) is 6.10 Å². The van der Waals surface area contributed by atoms with Crippen LogP contribution in [0, 0.1) is 0 Å². The Morgan fingerprint density at radius 1 is 1.11 bits per heavy atom. The van der Waals surface area contributed by atoms with Crippen LogP contribution in [0.2, 0.25) is 0 Å². The summed E-state index contributed by atoms with van der Waals surface area (Å²) >= 11 is 0. The third-order valence-corrected chi connectivity index (χ3v) is 3.25. The van der Waals surface area contributed by atoms with Crippen LogP contribution in [-0.2, 0) is 0 Å². The number of ether oxygens (including phenoxy) is 2. The Kier molecular flexibility index (Phi) is 3.67. The molecule has 18 heavy (non-hydrogen) atoms. The van der Waals surface area contributed by atoms with Crippen molar-refractivity contribution in [2.24, 2.45) is 0 Å². The topological polar surface area (TPSA) is 42.5 Å². The second-order valence-corrected chi connectivity index (χ2v) is 4.93. The molecule has 1 fully saturated rings. The number of fused-ring (bicyclic) bond motifs is 1. The van der Waals surface area contributed by atoms with E-state index in [1.807, 2.05) is 24.3 Å². The third kappa shape index (κ3) is 3.15. The Balaban J connectivity index is 1.36. The van der Waals surface area contributed by atoms with Gasteiger partial charge < -0.3 is 20.1 Å². The molecule has 98 valence electrons. The molecule has 0 saturated heterocycles. The highest BCUT2D eigenvalue weighted by Gasteiger charge is 2.21. The minimum atomic E-state index is 0.112. The molecular weight excluding hydrogens is 228 g/mol. The Bertz CT molecular complexity index is 393. The highest BCUT2D eigenvalue weighted by molar-refractivity contribution is 5.40. The number of benzene rings is 1. The largest absolute Gasteiger partial charge is 0.486 e. The van der Waals surface area contributed by atoms with Crippen LogP contribution in [-0.4, -0.2) is 38.4 Å². The van der Waals surface area contributed by atoms with Gasteiger partial charge >= 0.3 is 0 Å². The lowest BCUT2D eigenvalue weighted by Gasteiger charge is -2.26. The zero-order valence-electron chi connectivity index (χ0n) is 10.5. The smallest absolute Gasteiger partial charge is 0.161 e. The fourth-order valence-electron chi connectivity index (χ4n) is 2.08. The SMILES string of the molecule is c1ccc2c(c1)OCC(CNCCNC1CC1)O2. The third-order valence-electron chi connectivity index (χ3n) is 3.25. The maximum absolute atomic E-state index is 5.86. The lowest BCUT2D eigenvalue weighted by atomic mass is 10.2. The first-order valence-electron chi connectivity index (χ1n) is 6.74. The van der Waals surface area contributed by atoms with Gasteiger partial charge in [-0.2, -0.15) is 0 Å². The number of rotatable bonds is 6. The molecule has 2 aliphatic rings. The molecule has 4 heteroatoms. The van der Waals surface area contributed by atoms with Crippen molar-refractivity contribution >= 4 is 0 Å². The maximum atomic E-state index is 5.86. The molecule has 1 aliphatic carbocycles. The monoisotopic (exact) mass is 248 g/mol. The van der Waals surface area contributed by atoms with E-state index in [0.29, 0.717) is 6.61 Å². The van der Waals surface area contributed by atoms with E-state index in [9.17, 15) is 0 Å². The zero-order chi connectivity index (χ0) is 12.2. The molecule has 1 heterocycles. The summed E-state index contributed by atoms with van der Waals surface area (Å²) in [6.45, 7) is 3.48. The average molecular weight is 248 g/mol. The lowest BCUT2D eigenvalue weighted by Crippen LogP contribution is -2.40. The van der Waals surface area contributed by atoms with Crippen LogP contribution in [0.25, 0.3) is 0 Å². The molecule has 1 atom stereocenters. The summed E-state index contributed by atoms with van der Waals surface area (Å²) in [5, 5.41) is 6.88. The van der Waals surface area contributed by atoms with Gasteiger partial charge in [0.2, 0.25) is 0 Å². The quantitative estimate of drug-likeness (QED) is 0.742. The second-order valence-electron chi connectivity index (χ2n) is 4.93. The van der Waals surface area contributed by atoms with E-state index in [4.69, 9.17) is 9.47 Å². The van der Waals surface area contributed by atoms with E-state index >= 15 is 0 Å². The minimum Gasteiger partial charge on any atom is -0.486 e. The van der Waals surface area contributed by atoms with Crippen LogP contribution in [0.15, 0.2) is 24.3 Å². The van der Waals surface area contributed by atoms with Gasteiger partial charge in [-0.1, -0.05) is 12.1 Å². The first-order valence-corrected chi connectivity index (χ1v) is 6.74. The van der Waals surface area contributed by atoms with Crippen LogP contribution in [0.3, 0.4) is 0 Å². The molecule has 1 aromatic rings. The molecule has 0 aromatic heterocycles. The minimum absolute atomic E-state index is 0.112. The van der Waals surface area contributed by atoms with E-state index < -0.39 is 0 Å². The van der Waals surface area contributed by atoms with E-state index in [1.165, 1.54) is 12.8 Å². The molecule has 1 aliphatic heterocycles. The Morgan fingerprint density at radius 3 is 2.78 bits per heavy atom. The van der Waals surface area contributed by atoms with Crippen molar-refractivity contribution in [2.45, 2.75) is 25.0 Å². The first kappa shape index (κ1) is 11.8. The standard InChI is InChI=1S/C14H20N2O2/c1-2-4-14-13(3-1)17-10-12(18-14)9-15-7-8-16-11-5-6-11/h1-4,11-12,15-16H,5-10H2. The van der Waals surface area contributed by atoms with Gasteiger partial charge in [0, 0.05) is 25.7 Å². The molecule has 0 spiro atoms. The highest BCUT2D eigenvalue weighted by atomic mass is 16.6. The van der Waals surface area contributed by atoms with Gasteiger partial charge in [-0.15, -0.1) is 0 Å². The van der Waals surface area contributed by atoms with E-state index in [2.05, 4.69) is 10.6 Å². The van der Waals surface area contributed by atoms with Gasteiger partial charge in [0.05, 0.1) is 0 Å². The van der Waals surface area contributed by atoms with Gasteiger partial charge in [0.15, 0.2) is 11.5 Å². The van der Waals surface area contributed by atoms with Gasteiger partial charge in [-0.05, 0) is 25.0 Å². The van der Waals surface area contributed by atoms with Crippen LogP contribution in [0.1, 0.15) is 12.8 Å². The molecule has 3 rings (SSSR count). The summed E-state index contributed by atoms with van der Waals surface area (Å²) in [5.41, 5.74) is 0. The maximum Gasteiger partial charge on any atom is 0.161 e. The zero-order valence-corrected chi connectivity index (χ0v) is 10.5. The predicted molar refractivity (Wildman–Crippen MR) is 70.2 cm³/mol. The van der Waals surface area contributed by atoms with Crippen LogP contribution in [0.4, 0.5) is 0 Å². The molecule has 1 saturated carbocycles. The Hall–Kier alpha value is -1.26. The van der Waals surface area contributed by atoms with Crippen molar-refractivity contribution in [3.8, 4) is 11.5 Å². The Morgan fingerprint density at radius 2 is 1.94 bits per heavy atom. The summed E-state index contributed by atoms with van der Waals surface area (Å²) in [6, 6.07) is 8.62. The van der Waals surface area contributed by atoms with Crippen molar-refractivity contribution in [3.63, 3.8) is 0 Å². The molecule has 0 amide bonds. The highest BCUT2D eigenvalue weighted by Crippen LogP contribution is 2.30. The molecular formula is C14H20N2O2. The van der Waals surface area contributed by atoms with E-state index in [0.717, 1.165) is 37.2 Å². The number of hydrogen-bond acceptors (Lipinski definition) is 4. The van der Waals surface area contributed by atoms with Crippen molar-refractivity contribution in [2.75, 3.05) is 26.2 Å². The summed E-state index contributed by atoms with van der Waals surface area (Å²) in [6.07, 6.45) is 2.80. The Labute approximate surface area is 108 Å². The van der Waals surface area contributed by atoms with Crippen LogP contribution < -0.4 is 20.1 Å². The number of nitrogens with one attached hydrogen (secondary N) is 2. The van der Waals surface area contributed by atoms with Crippen molar-refractivity contribution < 1.29 is 9.47 Å². The summed E-state index contributed by atoms with van der Waals surface area (Å²) in [4.78, 5) is 0. The van der Waals surface area contributed by atoms with Gasteiger partial charge in [-0.3, -0.25) is 0 Å². The first-order chi connectivity index (χ1) is 8.92. The van der Waals surface area contributed by atoms with Crippen molar-refractivity contribution in [1.82, 2.24) is 10.6 Å². The molecule has 1 aromatic carbocycles. The van der Waals surface area contributed by atoms with Gasteiger partial charge in [0.1, 0.15) is 12.7 Å². The lowest BCUT2D eigenvalue weighted by molar-refractivity contribution is 0.0906. The number of hydrogen-bond donors (Lipinski definition) is 2.